The lowest BCUT2D eigenvalue weighted by Crippen LogP contribution is -2.40. The summed E-state index contributed by atoms with van der Waals surface area (Å²) in [5, 5.41) is 13.9. The first-order chi connectivity index (χ1) is 13.2. The van der Waals surface area contributed by atoms with Crippen molar-refractivity contribution < 1.29 is 19.2 Å². The number of urea groups is 1. The second kappa shape index (κ2) is 7.30. The van der Waals surface area contributed by atoms with E-state index >= 15 is 0 Å². The van der Waals surface area contributed by atoms with E-state index in [-0.39, 0.29) is 18.3 Å². The molecule has 28 heavy (non-hydrogen) atoms. The van der Waals surface area contributed by atoms with Crippen LogP contribution in [0.25, 0.3) is 0 Å². The topological polar surface area (TPSA) is 102 Å². The standard InChI is InChI=1S/C20H21N3O5/c1-13(2)28-17-10-9-16(23(26)27)11-14(17)12-22-18(24)20(3,21-19(22)25)15-7-5-4-6-8-15/h4-11,13H,12H2,1-3H3,(H,21,25). The molecule has 0 bridgehead atoms. The zero-order valence-corrected chi connectivity index (χ0v) is 15.8. The second-order valence-corrected chi connectivity index (χ2v) is 7.03. The lowest BCUT2D eigenvalue weighted by Gasteiger charge is -2.22. The number of nitro benzene ring substituents is 1. The summed E-state index contributed by atoms with van der Waals surface area (Å²) in [5.41, 5.74) is -0.278. The van der Waals surface area contributed by atoms with Crippen LogP contribution < -0.4 is 10.1 Å². The minimum Gasteiger partial charge on any atom is -0.491 e. The maximum absolute atomic E-state index is 13.1. The highest BCUT2D eigenvalue weighted by molar-refractivity contribution is 6.07. The van der Waals surface area contributed by atoms with E-state index in [9.17, 15) is 19.7 Å². The van der Waals surface area contributed by atoms with Gasteiger partial charge in [0.15, 0.2) is 0 Å². The van der Waals surface area contributed by atoms with E-state index in [4.69, 9.17) is 4.74 Å². The normalized spacial score (nSPS) is 19.1. The first kappa shape index (κ1) is 19.3. The van der Waals surface area contributed by atoms with Crippen LogP contribution in [-0.2, 0) is 16.9 Å². The lowest BCUT2D eigenvalue weighted by atomic mass is 9.92. The number of amides is 3. The van der Waals surface area contributed by atoms with Gasteiger partial charge in [-0.05, 0) is 32.4 Å². The van der Waals surface area contributed by atoms with Crippen LogP contribution in [0.15, 0.2) is 48.5 Å². The molecule has 3 rings (SSSR count). The first-order valence-corrected chi connectivity index (χ1v) is 8.86. The summed E-state index contributed by atoms with van der Waals surface area (Å²) in [4.78, 5) is 37.3. The van der Waals surface area contributed by atoms with Crippen molar-refractivity contribution in [2.75, 3.05) is 0 Å². The molecule has 1 N–H and O–H groups in total. The summed E-state index contributed by atoms with van der Waals surface area (Å²) in [6.07, 6.45) is -0.169. The maximum atomic E-state index is 13.1. The van der Waals surface area contributed by atoms with Gasteiger partial charge in [-0.1, -0.05) is 30.3 Å². The van der Waals surface area contributed by atoms with Crippen LogP contribution in [0.2, 0.25) is 0 Å². The van der Waals surface area contributed by atoms with Crippen molar-refractivity contribution >= 4 is 17.6 Å². The molecule has 0 aliphatic carbocycles. The Hall–Kier alpha value is -3.42. The third-order valence-electron chi connectivity index (χ3n) is 4.57. The smallest absolute Gasteiger partial charge is 0.325 e. The maximum Gasteiger partial charge on any atom is 0.325 e. The summed E-state index contributed by atoms with van der Waals surface area (Å²) in [5.74, 6) is -0.0276. The molecule has 2 aromatic rings. The van der Waals surface area contributed by atoms with Crippen molar-refractivity contribution in [1.82, 2.24) is 10.2 Å². The molecule has 1 heterocycles. The SMILES string of the molecule is CC(C)Oc1ccc([N+](=O)[O-])cc1CN1C(=O)NC(C)(c2ccccc2)C1=O. The molecular weight excluding hydrogens is 362 g/mol. The van der Waals surface area contributed by atoms with Gasteiger partial charge in [0.25, 0.3) is 11.6 Å². The van der Waals surface area contributed by atoms with E-state index in [1.54, 1.807) is 31.2 Å². The van der Waals surface area contributed by atoms with E-state index in [2.05, 4.69) is 5.32 Å². The van der Waals surface area contributed by atoms with Gasteiger partial charge in [-0.3, -0.25) is 19.8 Å². The number of nitrogens with zero attached hydrogens (tertiary/aromatic N) is 2. The minimum atomic E-state index is -1.20. The molecule has 0 spiro atoms. The molecule has 8 heteroatoms. The molecule has 8 nitrogen and oxygen atoms in total. The summed E-state index contributed by atoms with van der Waals surface area (Å²) in [7, 11) is 0. The Morgan fingerprint density at radius 3 is 2.46 bits per heavy atom. The van der Waals surface area contributed by atoms with Crippen molar-refractivity contribution in [2.24, 2.45) is 0 Å². The molecule has 0 saturated carbocycles. The summed E-state index contributed by atoms with van der Waals surface area (Å²) >= 11 is 0. The fourth-order valence-corrected chi connectivity index (χ4v) is 3.15. The first-order valence-electron chi connectivity index (χ1n) is 8.86. The molecule has 2 aromatic carbocycles. The Kier molecular flexibility index (Phi) is 5.04. The number of benzene rings is 2. The van der Waals surface area contributed by atoms with Crippen molar-refractivity contribution in [3.8, 4) is 5.75 Å². The quantitative estimate of drug-likeness (QED) is 0.468. The third-order valence-corrected chi connectivity index (χ3v) is 4.57. The Morgan fingerprint density at radius 2 is 1.86 bits per heavy atom. The lowest BCUT2D eigenvalue weighted by molar-refractivity contribution is -0.385. The van der Waals surface area contributed by atoms with Crippen LogP contribution >= 0.6 is 0 Å². The fraction of sp³-hybridized carbons (Fsp3) is 0.300. The zero-order valence-electron chi connectivity index (χ0n) is 15.8. The number of non-ortho nitro benzene ring substituents is 1. The van der Waals surface area contributed by atoms with Crippen LogP contribution in [0.1, 0.15) is 31.9 Å². The highest BCUT2D eigenvalue weighted by atomic mass is 16.6. The van der Waals surface area contributed by atoms with E-state index < -0.39 is 22.4 Å². The molecule has 1 saturated heterocycles. The number of carbonyl (C=O) groups excluding carboxylic acids is 2. The van der Waals surface area contributed by atoms with Crippen molar-refractivity contribution in [3.63, 3.8) is 0 Å². The van der Waals surface area contributed by atoms with Gasteiger partial charge < -0.3 is 10.1 Å². The molecule has 146 valence electrons. The Morgan fingerprint density at radius 1 is 1.18 bits per heavy atom. The predicted molar refractivity (Wildman–Crippen MR) is 102 cm³/mol. The molecule has 0 aromatic heterocycles. The zero-order chi connectivity index (χ0) is 20.5. The minimum absolute atomic E-state index is 0.128. The Balaban J connectivity index is 1.95. The second-order valence-electron chi connectivity index (χ2n) is 7.03. The third kappa shape index (κ3) is 3.53. The number of hydrogen-bond donors (Lipinski definition) is 1. The van der Waals surface area contributed by atoms with Crippen molar-refractivity contribution in [1.29, 1.82) is 0 Å². The van der Waals surface area contributed by atoms with Crippen molar-refractivity contribution in [3.05, 3.63) is 69.8 Å². The Labute approximate surface area is 162 Å². The summed E-state index contributed by atoms with van der Waals surface area (Å²) in [6.45, 7) is 5.16. The van der Waals surface area contributed by atoms with Gasteiger partial charge in [0, 0.05) is 17.7 Å². The molecular formula is C20H21N3O5. The largest absolute Gasteiger partial charge is 0.491 e. The highest BCUT2D eigenvalue weighted by Gasteiger charge is 2.49. The van der Waals surface area contributed by atoms with E-state index in [0.717, 1.165) is 4.90 Å². The average molecular weight is 383 g/mol. The van der Waals surface area contributed by atoms with Crippen LogP contribution in [0, 0.1) is 10.1 Å². The molecule has 3 amide bonds. The molecule has 1 unspecified atom stereocenters. The number of hydrogen-bond acceptors (Lipinski definition) is 5. The van der Waals surface area contributed by atoms with Crippen LogP contribution in [0.3, 0.4) is 0 Å². The Bertz CT molecular complexity index is 929. The van der Waals surface area contributed by atoms with E-state index in [1.165, 1.54) is 18.2 Å². The molecule has 1 aliphatic rings. The van der Waals surface area contributed by atoms with Crippen LogP contribution in [-0.4, -0.2) is 27.9 Å². The number of carbonyl (C=O) groups is 2. The van der Waals surface area contributed by atoms with Gasteiger partial charge in [-0.25, -0.2) is 4.79 Å². The number of nitrogens with one attached hydrogen (secondary N) is 1. The number of nitro groups is 1. The number of rotatable bonds is 6. The summed E-state index contributed by atoms with van der Waals surface area (Å²) in [6, 6.07) is 12.5. The average Bonchev–Trinajstić information content (AvgIpc) is 2.87. The van der Waals surface area contributed by atoms with Gasteiger partial charge in [-0.15, -0.1) is 0 Å². The van der Waals surface area contributed by atoms with E-state index in [0.29, 0.717) is 16.9 Å². The van der Waals surface area contributed by atoms with Gasteiger partial charge in [-0.2, -0.15) is 0 Å². The van der Waals surface area contributed by atoms with Crippen LogP contribution in [0.4, 0.5) is 10.5 Å². The van der Waals surface area contributed by atoms with Gasteiger partial charge in [0.1, 0.15) is 11.3 Å². The molecule has 0 radical (unpaired) electrons. The van der Waals surface area contributed by atoms with E-state index in [1.807, 2.05) is 19.9 Å². The van der Waals surface area contributed by atoms with Gasteiger partial charge in [0.05, 0.1) is 17.6 Å². The molecule has 1 aliphatic heterocycles. The number of imide groups is 1. The fourth-order valence-electron chi connectivity index (χ4n) is 3.15. The number of ether oxygens (including phenoxy) is 1. The predicted octanol–water partition coefficient (Wildman–Crippen LogP) is 3.35. The monoisotopic (exact) mass is 383 g/mol. The highest BCUT2D eigenvalue weighted by Crippen LogP contribution is 2.32. The molecule has 1 fully saturated rings. The van der Waals surface area contributed by atoms with Crippen LogP contribution in [0.5, 0.6) is 5.75 Å². The van der Waals surface area contributed by atoms with Gasteiger partial charge >= 0.3 is 6.03 Å². The molecule has 1 atom stereocenters. The van der Waals surface area contributed by atoms with Crippen molar-refractivity contribution in [2.45, 2.75) is 39.0 Å². The summed E-state index contributed by atoms with van der Waals surface area (Å²) < 4.78 is 5.71. The van der Waals surface area contributed by atoms with Gasteiger partial charge in [0.2, 0.25) is 0 Å².